The van der Waals surface area contributed by atoms with E-state index in [1.807, 2.05) is 7.11 Å². The second-order valence-electron chi connectivity index (χ2n) is 5.36. The zero-order valence-electron chi connectivity index (χ0n) is 9.91. The van der Waals surface area contributed by atoms with Gasteiger partial charge in [-0.1, -0.05) is 0 Å². The lowest BCUT2D eigenvalue weighted by Crippen LogP contribution is -2.46. The van der Waals surface area contributed by atoms with Crippen molar-refractivity contribution >= 4 is 0 Å². The summed E-state index contributed by atoms with van der Waals surface area (Å²) in [5, 5.41) is 9.32. The van der Waals surface area contributed by atoms with Crippen LogP contribution in [0.4, 0.5) is 0 Å². The van der Waals surface area contributed by atoms with Crippen molar-refractivity contribution in [1.29, 1.82) is 0 Å². The summed E-state index contributed by atoms with van der Waals surface area (Å²) in [6, 6.07) is 0.604. The van der Waals surface area contributed by atoms with Gasteiger partial charge in [0.05, 0.1) is 6.10 Å². The molecule has 0 amide bonds. The third-order valence-electron chi connectivity index (χ3n) is 4.13. The molecule has 2 aliphatic rings. The Labute approximate surface area is 92.4 Å². The standard InChI is InChI=1S/C12H23NO2/c1-10-7-11(15-2)3-6-13(10)8-12(9-14)4-5-12/h10-11,14H,3-9H2,1-2H3/t10-,11?/m1/s1. The number of hydrogen-bond donors (Lipinski definition) is 1. The van der Waals surface area contributed by atoms with Crippen LogP contribution in [-0.4, -0.2) is 49.0 Å². The third-order valence-corrected chi connectivity index (χ3v) is 4.13. The van der Waals surface area contributed by atoms with E-state index >= 15 is 0 Å². The second-order valence-corrected chi connectivity index (χ2v) is 5.36. The van der Waals surface area contributed by atoms with E-state index < -0.39 is 0 Å². The van der Waals surface area contributed by atoms with Crippen molar-refractivity contribution in [2.75, 3.05) is 26.8 Å². The molecular formula is C12H23NO2. The van der Waals surface area contributed by atoms with Gasteiger partial charge in [-0.2, -0.15) is 0 Å². The average molecular weight is 213 g/mol. The van der Waals surface area contributed by atoms with Gasteiger partial charge < -0.3 is 9.84 Å². The van der Waals surface area contributed by atoms with Crippen LogP contribution >= 0.6 is 0 Å². The molecule has 1 heterocycles. The predicted octanol–water partition coefficient (Wildman–Crippen LogP) is 1.26. The van der Waals surface area contributed by atoms with Gasteiger partial charge in [0.25, 0.3) is 0 Å². The van der Waals surface area contributed by atoms with Gasteiger partial charge >= 0.3 is 0 Å². The molecule has 0 radical (unpaired) electrons. The number of hydrogen-bond acceptors (Lipinski definition) is 3. The van der Waals surface area contributed by atoms with Crippen LogP contribution in [0.5, 0.6) is 0 Å². The highest BCUT2D eigenvalue weighted by Gasteiger charge is 2.44. The van der Waals surface area contributed by atoms with Crippen molar-refractivity contribution in [3.63, 3.8) is 0 Å². The van der Waals surface area contributed by atoms with Crippen molar-refractivity contribution in [1.82, 2.24) is 4.90 Å². The molecule has 15 heavy (non-hydrogen) atoms. The van der Waals surface area contributed by atoms with Crippen LogP contribution in [0.15, 0.2) is 0 Å². The third kappa shape index (κ3) is 2.52. The number of piperidine rings is 1. The lowest BCUT2D eigenvalue weighted by atomic mass is 9.98. The number of rotatable bonds is 4. The highest BCUT2D eigenvalue weighted by molar-refractivity contribution is 4.96. The molecule has 0 spiro atoms. The Morgan fingerprint density at radius 1 is 1.47 bits per heavy atom. The van der Waals surface area contributed by atoms with E-state index in [4.69, 9.17) is 4.74 Å². The summed E-state index contributed by atoms with van der Waals surface area (Å²) in [7, 11) is 1.81. The number of aliphatic hydroxyl groups excluding tert-OH is 1. The summed E-state index contributed by atoms with van der Waals surface area (Å²) in [6.45, 7) is 4.85. The van der Waals surface area contributed by atoms with E-state index in [0.29, 0.717) is 18.8 Å². The van der Waals surface area contributed by atoms with Gasteiger partial charge in [0.1, 0.15) is 0 Å². The van der Waals surface area contributed by atoms with Crippen molar-refractivity contribution in [3.05, 3.63) is 0 Å². The first-order chi connectivity index (χ1) is 7.19. The second kappa shape index (κ2) is 4.40. The maximum atomic E-state index is 9.32. The molecule has 1 aliphatic carbocycles. The van der Waals surface area contributed by atoms with Crippen LogP contribution in [0.3, 0.4) is 0 Å². The average Bonchev–Trinajstić information content (AvgIpc) is 3.02. The minimum atomic E-state index is 0.258. The summed E-state index contributed by atoms with van der Waals surface area (Å²) < 4.78 is 5.41. The minimum absolute atomic E-state index is 0.258. The van der Waals surface area contributed by atoms with E-state index in [9.17, 15) is 5.11 Å². The lowest BCUT2D eigenvalue weighted by molar-refractivity contribution is 0.00425. The normalized spacial score (nSPS) is 35.4. The molecule has 0 aromatic heterocycles. The van der Waals surface area contributed by atoms with Crippen LogP contribution in [0.2, 0.25) is 0 Å². The van der Waals surface area contributed by atoms with E-state index in [1.165, 1.54) is 12.8 Å². The molecule has 3 nitrogen and oxygen atoms in total. The fourth-order valence-corrected chi connectivity index (χ4v) is 2.60. The van der Waals surface area contributed by atoms with Crippen LogP contribution in [0.1, 0.15) is 32.6 Å². The molecule has 2 rings (SSSR count). The van der Waals surface area contributed by atoms with Crippen LogP contribution in [-0.2, 0) is 4.74 Å². The van der Waals surface area contributed by atoms with Gasteiger partial charge in [0.15, 0.2) is 0 Å². The van der Waals surface area contributed by atoms with Gasteiger partial charge in [0, 0.05) is 38.3 Å². The molecule has 0 aromatic carbocycles. The Bertz CT molecular complexity index is 216. The summed E-state index contributed by atoms with van der Waals surface area (Å²) >= 11 is 0. The molecule has 2 atom stereocenters. The first kappa shape index (κ1) is 11.4. The van der Waals surface area contributed by atoms with Gasteiger partial charge in [-0.15, -0.1) is 0 Å². The largest absolute Gasteiger partial charge is 0.396 e. The van der Waals surface area contributed by atoms with Crippen LogP contribution in [0, 0.1) is 5.41 Å². The number of nitrogens with zero attached hydrogens (tertiary/aromatic N) is 1. The highest BCUT2D eigenvalue weighted by Crippen LogP contribution is 2.46. The zero-order chi connectivity index (χ0) is 10.9. The number of methoxy groups -OCH3 is 1. The van der Waals surface area contributed by atoms with E-state index in [2.05, 4.69) is 11.8 Å². The highest BCUT2D eigenvalue weighted by atomic mass is 16.5. The molecule has 0 bridgehead atoms. The van der Waals surface area contributed by atoms with Crippen molar-refractivity contribution in [3.8, 4) is 0 Å². The number of likely N-dealkylation sites (tertiary alicyclic amines) is 1. The summed E-state index contributed by atoms with van der Waals surface area (Å²) in [5.41, 5.74) is 0.258. The predicted molar refractivity (Wildman–Crippen MR) is 59.8 cm³/mol. The van der Waals surface area contributed by atoms with Gasteiger partial charge in [-0.25, -0.2) is 0 Å². The SMILES string of the molecule is COC1CCN(CC2(CO)CC2)[C@H](C)C1. The first-order valence-electron chi connectivity index (χ1n) is 6.07. The van der Waals surface area contributed by atoms with Crippen LogP contribution < -0.4 is 0 Å². The van der Waals surface area contributed by atoms with E-state index in [-0.39, 0.29) is 5.41 Å². The molecule has 88 valence electrons. The quantitative estimate of drug-likeness (QED) is 0.763. The topological polar surface area (TPSA) is 32.7 Å². The Morgan fingerprint density at radius 3 is 2.67 bits per heavy atom. The molecule has 1 saturated heterocycles. The molecule has 3 heteroatoms. The maximum Gasteiger partial charge on any atom is 0.0598 e. The summed E-state index contributed by atoms with van der Waals surface area (Å²) in [4.78, 5) is 2.53. The van der Waals surface area contributed by atoms with Crippen molar-refractivity contribution in [2.45, 2.75) is 44.8 Å². The summed E-state index contributed by atoms with van der Waals surface area (Å²) in [5.74, 6) is 0. The molecule has 1 aliphatic heterocycles. The first-order valence-corrected chi connectivity index (χ1v) is 6.07. The van der Waals surface area contributed by atoms with Crippen molar-refractivity contribution < 1.29 is 9.84 Å². The molecular weight excluding hydrogens is 190 g/mol. The monoisotopic (exact) mass is 213 g/mol. The fraction of sp³-hybridized carbons (Fsp3) is 1.00. The molecule has 1 unspecified atom stereocenters. The van der Waals surface area contributed by atoms with Gasteiger partial charge in [0.2, 0.25) is 0 Å². The molecule has 1 saturated carbocycles. The Balaban J connectivity index is 1.83. The smallest absolute Gasteiger partial charge is 0.0598 e. The lowest BCUT2D eigenvalue weighted by Gasteiger charge is -2.38. The zero-order valence-corrected chi connectivity index (χ0v) is 9.91. The van der Waals surface area contributed by atoms with Gasteiger partial charge in [-0.3, -0.25) is 4.90 Å². The summed E-state index contributed by atoms with van der Waals surface area (Å²) in [6.07, 6.45) is 5.14. The maximum absolute atomic E-state index is 9.32. The Kier molecular flexibility index (Phi) is 3.33. The number of ether oxygens (including phenoxy) is 1. The Morgan fingerprint density at radius 2 is 2.20 bits per heavy atom. The molecule has 2 fully saturated rings. The van der Waals surface area contributed by atoms with Crippen molar-refractivity contribution in [2.24, 2.45) is 5.41 Å². The fourth-order valence-electron chi connectivity index (χ4n) is 2.60. The molecule has 0 aromatic rings. The Hall–Kier alpha value is -0.120. The molecule has 1 N–H and O–H groups in total. The van der Waals surface area contributed by atoms with E-state index in [0.717, 1.165) is 25.9 Å². The van der Waals surface area contributed by atoms with Gasteiger partial charge in [-0.05, 0) is 32.6 Å². The minimum Gasteiger partial charge on any atom is -0.396 e. The van der Waals surface area contributed by atoms with E-state index in [1.54, 1.807) is 0 Å². The van der Waals surface area contributed by atoms with Crippen LogP contribution in [0.25, 0.3) is 0 Å². The number of aliphatic hydroxyl groups is 1.